The van der Waals surface area contributed by atoms with Gasteiger partial charge >= 0.3 is 0 Å². The Morgan fingerprint density at radius 3 is 2.77 bits per heavy atom. The molecule has 1 amide bonds. The smallest absolute Gasteiger partial charge is 0.254 e. The van der Waals surface area contributed by atoms with Crippen molar-refractivity contribution < 1.29 is 19.0 Å². The lowest BCUT2D eigenvalue weighted by molar-refractivity contribution is 0.0573. The zero-order valence-corrected chi connectivity index (χ0v) is 18.7. The summed E-state index contributed by atoms with van der Waals surface area (Å²) in [6.07, 6.45) is 2.96. The number of anilines is 1. The van der Waals surface area contributed by atoms with Crippen LogP contribution in [0.4, 0.5) is 5.69 Å². The molecule has 7 heteroatoms. The Labute approximate surface area is 180 Å². The molecule has 1 unspecified atom stereocenters. The van der Waals surface area contributed by atoms with Gasteiger partial charge in [-0.1, -0.05) is 0 Å². The van der Waals surface area contributed by atoms with E-state index in [1.165, 1.54) is 0 Å². The first kappa shape index (κ1) is 22.8. The number of benzene rings is 1. The number of carbonyl (C=O) groups is 1. The molecule has 0 radical (unpaired) electrons. The molecule has 1 aromatic carbocycles. The summed E-state index contributed by atoms with van der Waals surface area (Å²) in [5.74, 6) is 0.846. The lowest BCUT2D eigenvalue weighted by Gasteiger charge is -2.38. The molecule has 1 atom stereocenters. The third-order valence-corrected chi connectivity index (χ3v) is 5.76. The molecule has 2 fully saturated rings. The SMILES string of the molecule is COCCCOc1cc(C(=O)N(C(C)C)C2CCCNC2)ccc1N1CCOCC1. The van der Waals surface area contributed by atoms with Crippen LogP contribution in [0.25, 0.3) is 0 Å². The molecule has 3 rings (SSSR count). The average Bonchev–Trinajstić information content (AvgIpc) is 2.78. The van der Waals surface area contributed by atoms with Gasteiger partial charge in [-0.3, -0.25) is 4.79 Å². The van der Waals surface area contributed by atoms with E-state index in [0.717, 1.165) is 56.9 Å². The maximum atomic E-state index is 13.5. The number of hydrogen-bond donors (Lipinski definition) is 1. The lowest BCUT2D eigenvalue weighted by Crippen LogP contribution is -2.51. The van der Waals surface area contributed by atoms with Gasteiger partial charge in [-0.2, -0.15) is 0 Å². The summed E-state index contributed by atoms with van der Waals surface area (Å²) >= 11 is 0. The van der Waals surface area contributed by atoms with Gasteiger partial charge in [0.05, 0.1) is 25.5 Å². The van der Waals surface area contributed by atoms with Gasteiger partial charge in [0.1, 0.15) is 5.75 Å². The van der Waals surface area contributed by atoms with Crippen molar-refractivity contribution in [1.82, 2.24) is 10.2 Å². The molecule has 2 heterocycles. The average molecular weight is 420 g/mol. The number of rotatable bonds is 9. The number of hydrogen-bond acceptors (Lipinski definition) is 6. The van der Waals surface area contributed by atoms with E-state index in [0.29, 0.717) is 32.0 Å². The zero-order chi connectivity index (χ0) is 21.3. The van der Waals surface area contributed by atoms with Crippen molar-refractivity contribution in [3.05, 3.63) is 23.8 Å². The first-order valence-electron chi connectivity index (χ1n) is 11.2. The topological polar surface area (TPSA) is 63.3 Å². The van der Waals surface area contributed by atoms with Crippen LogP contribution in [0, 0.1) is 0 Å². The van der Waals surface area contributed by atoms with Crippen LogP contribution in [0.3, 0.4) is 0 Å². The highest BCUT2D eigenvalue weighted by Crippen LogP contribution is 2.31. The first-order chi connectivity index (χ1) is 14.6. The van der Waals surface area contributed by atoms with E-state index in [2.05, 4.69) is 24.1 Å². The van der Waals surface area contributed by atoms with Crippen molar-refractivity contribution >= 4 is 11.6 Å². The molecule has 168 valence electrons. The summed E-state index contributed by atoms with van der Waals surface area (Å²) in [6, 6.07) is 6.28. The van der Waals surface area contributed by atoms with Gasteiger partial charge in [0, 0.05) is 57.4 Å². The molecule has 2 aliphatic heterocycles. The minimum Gasteiger partial charge on any atom is -0.491 e. The van der Waals surface area contributed by atoms with E-state index in [9.17, 15) is 4.79 Å². The summed E-state index contributed by atoms with van der Waals surface area (Å²) in [6.45, 7) is 10.4. The van der Waals surface area contributed by atoms with Crippen LogP contribution in [-0.4, -0.2) is 82.6 Å². The van der Waals surface area contributed by atoms with E-state index in [1.807, 2.05) is 23.1 Å². The number of ether oxygens (including phenoxy) is 3. The quantitative estimate of drug-likeness (QED) is 0.621. The zero-order valence-electron chi connectivity index (χ0n) is 18.7. The third kappa shape index (κ3) is 5.86. The van der Waals surface area contributed by atoms with Crippen LogP contribution < -0.4 is 15.0 Å². The Kier molecular flexibility index (Phi) is 8.78. The normalized spacial score (nSPS) is 19.7. The molecule has 0 aromatic heterocycles. The van der Waals surface area contributed by atoms with E-state index in [-0.39, 0.29) is 18.0 Å². The Morgan fingerprint density at radius 2 is 2.10 bits per heavy atom. The predicted molar refractivity (Wildman–Crippen MR) is 119 cm³/mol. The molecule has 0 bridgehead atoms. The molecule has 1 aromatic rings. The van der Waals surface area contributed by atoms with Crippen molar-refractivity contribution in [2.45, 2.75) is 45.2 Å². The summed E-state index contributed by atoms with van der Waals surface area (Å²) < 4.78 is 16.8. The molecule has 7 nitrogen and oxygen atoms in total. The van der Waals surface area contributed by atoms with Crippen molar-refractivity contribution in [3.63, 3.8) is 0 Å². The second kappa shape index (κ2) is 11.5. The van der Waals surface area contributed by atoms with Crippen LogP contribution in [0.2, 0.25) is 0 Å². The molecule has 0 saturated carbocycles. The summed E-state index contributed by atoms with van der Waals surface area (Å²) in [5, 5.41) is 3.43. The van der Waals surface area contributed by atoms with E-state index >= 15 is 0 Å². The fourth-order valence-corrected chi connectivity index (χ4v) is 4.26. The van der Waals surface area contributed by atoms with Crippen molar-refractivity contribution in [2.24, 2.45) is 0 Å². The highest BCUT2D eigenvalue weighted by atomic mass is 16.5. The number of amides is 1. The first-order valence-corrected chi connectivity index (χ1v) is 11.2. The molecule has 30 heavy (non-hydrogen) atoms. The van der Waals surface area contributed by atoms with E-state index < -0.39 is 0 Å². The highest BCUT2D eigenvalue weighted by Gasteiger charge is 2.29. The maximum Gasteiger partial charge on any atom is 0.254 e. The minimum atomic E-state index is 0.0777. The lowest BCUT2D eigenvalue weighted by atomic mass is 10.0. The Morgan fingerprint density at radius 1 is 1.30 bits per heavy atom. The molecule has 2 aliphatic rings. The number of carbonyl (C=O) groups excluding carboxylic acids is 1. The standard InChI is InChI=1S/C23H37N3O4/c1-18(2)26(20-6-4-9-24-17-20)23(27)19-7-8-21(25-10-14-29-15-11-25)22(16-19)30-13-5-12-28-3/h7-8,16,18,20,24H,4-6,9-15,17H2,1-3H3. The molecular weight excluding hydrogens is 382 g/mol. The van der Waals surface area contributed by atoms with Gasteiger partial charge in [-0.25, -0.2) is 0 Å². The third-order valence-electron chi connectivity index (χ3n) is 5.76. The second-order valence-electron chi connectivity index (χ2n) is 8.28. The van der Waals surface area contributed by atoms with Crippen LogP contribution >= 0.6 is 0 Å². The van der Waals surface area contributed by atoms with Crippen LogP contribution in [0.15, 0.2) is 18.2 Å². The van der Waals surface area contributed by atoms with Crippen LogP contribution in [-0.2, 0) is 9.47 Å². The fourth-order valence-electron chi connectivity index (χ4n) is 4.26. The Bertz CT molecular complexity index is 670. The molecule has 0 aliphatic carbocycles. The van der Waals surface area contributed by atoms with Gasteiger partial charge < -0.3 is 29.3 Å². The Balaban J connectivity index is 1.82. The van der Waals surface area contributed by atoms with Gasteiger partial charge in [0.2, 0.25) is 0 Å². The summed E-state index contributed by atoms with van der Waals surface area (Å²) in [5.41, 5.74) is 1.72. The van der Waals surface area contributed by atoms with Crippen LogP contribution in [0.5, 0.6) is 5.75 Å². The second-order valence-corrected chi connectivity index (χ2v) is 8.28. The molecule has 1 N–H and O–H groups in total. The highest BCUT2D eigenvalue weighted by molar-refractivity contribution is 5.95. The number of nitrogens with one attached hydrogen (secondary N) is 1. The van der Waals surface area contributed by atoms with Gasteiger partial charge in [-0.15, -0.1) is 0 Å². The van der Waals surface area contributed by atoms with E-state index in [4.69, 9.17) is 14.2 Å². The maximum absolute atomic E-state index is 13.5. The van der Waals surface area contributed by atoms with Crippen molar-refractivity contribution in [1.29, 1.82) is 0 Å². The minimum absolute atomic E-state index is 0.0777. The fraction of sp³-hybridized carbons (Fsp3) is 0.696. The molecule has 0 spiro atoms. The number of piperidine rings is 1. The van der Waals surface area contributed by atoms with Gasteiger partial charge in [0.25, 0.3) is 5.91 Å². The number of methoxy groups -OCH3 is 1. The number of nitrogens with zero attached hydrogens (tertiary/aromatic N) is 2. The molecule has 2 saturated heterocycles. The summed E-state index contributed by atoms with van der Waals surface area (Å²) in [7, 11) is 1.69. The van der Waals surface area contributed by atoms with E-state index in [1.54, 1.807) is 7.11 Å². The largest absolute Gasteiger partial charge is 0.491 e. The summed E-state index contributed by atoms with van der Waals surface area (Å²) in [4.78, 5) is 17.8. The van der Waals surface area contributed by atoms with Crippen LogP contribution in [0.1, 0.15) is 43.5 Å². The monoisotopic (exact) mass is 419 g/mol. The van der Waals surface area contributed by atoms with Gasteiger partial charge in [-0.05, 0) is 51.4 Å². The Hall–Kier alpha value is -1.83. The predicted octanol–water partition coefficient (Wildman–Crippen LogP) is 2.54. The van der Waals surface area contributed by atoms with Crippen molar-refractivity contribution in [2.75, 3.05) is 64.6 Å². The van der Waals surface area contributed by atoms with Crippen molar-refractivity contribution in [3.8, 4) is 5.75 Å². The van der Waals surface area contributed by atoms with Gasteiger partial charge in [0.15, 0.2) is 0 Å². The molecular formula is C23H37N3O4. The number of morpholine rings is 1.